The number of amides is 1. The highest BCUT2D eigenvalue weighted by molar-refractivity contribution is 5.94. The number of carboxylic acid groups (broad SMARTS) is 2. The zero-order chi connectivity index (χ0) is 29.3. The third kappa shape index (κ3) is 10.1. The number of hydrogen-bond acceptors (Lipinski definition) is 6. The summed E-state index contributed by atoms with van der Waals surface area (Å²) in [5.74, 6) is -5.39. The average molecular weight is 564 g/mol. The molecule has 2 aliphatic rings. The Balaban J connectivity index is 0.000000317. The van der Waals surface area contributed by atoms with E-state index in [4.69, 9.17) is 19.8 Å². The molecule has 2 saturated heterocycles. The highest BCUT2D eigenvalue weighted by Gasteiger charge is 2.42. The average Bonchev–Trinajstić information content (AvgIpc) is 3.29. The Morgan fingerprint density at radius 2 is 1.41 bits per heavy atom. The van der Waals surface area contributed by atoms with Crippen LogP contribution in [-0.4, -0.2) is 86.4 Å². The topological polar surface area (TPSA) is 124 Å². The Morgan fingerprint density at radius 1 is 0.846 bits per heavy atom. The largest absolute Gasteiger partial charge is 0.490 e. The predicted molar refractivity (Wildman–Crippen MR) is 123 cm³/mol. The summed E-state index contributed by atoms with van der Waals surface area (Å²) >= 11 is 0. The molecule has 1 spiro atoms. The van der Waals surface area contributed by atoms with Crippen molar-refractivity contribution in [3.63, 3.8) is 0 Å². The fourth-order valence-electron chi connectivity index (χ4n) is 4.09. The number of aliphatic carboxylic acids is 2. The molecule has 4 heterocycles. The zero-order valence-corrected chi connectivity index (χ0v) is 20.5. The molecule has 2 aliphatic heterocycles. The normalized spacial score (nSPS) is 16.9. The monoisotopic (exact) mass is 564 g/mol. The van der Waals surface area contributed by atoms with Crippen LogP contribution in [0.15, 0.2) is 48.9 Å². The molecule has 39 heavy (non-hydrogen) atoms. The number of halogens is 6. The van der Waals surface area contributed by atoms with E-state index >= 15 is 0 Å². The van der Waals surface area contributed by atoms with Crippen molar-refractivity contribution in [2.45, 2.75) is 38.2 Å². The van der Waals surface area contributed by atoms with Crippen LogP contribution in [0.25, 0.3) is 0 Å². The van der Waals surface area contributed by atoms with Gasteiger partial charge in [0.05, 0.1) is 11.3 Å². The van der Waals surface area contributed by atoms with Gasteiger partial charge in [0, 0.05) is 38.2 Å². The van der Waals surface area contributed by atoms with Crippen LogP contribution < -0.4 is 0 Å². The van der Waals surface area contributed by atoms with Gasteiger partial charge < -0.3 is 15.1 Å². The molecule has 0 atom stereocenters. The van der Waals surface area contributed by atoms with E-state index in [1.165, 1.54) is 0 Å². The summed E-state index contributed by atoms with van der Waals surface area (Å²) in [4.78, 5) is 43.4. The Kier molecular flexibility index (Phi) is 10.8. The van der Waals surface area contributed by atoms with Gasteiger partial charge in [0.25, 0.3) is 5.91 Å². The van der Waals surface area contributed by atoms with Gasteiger partial charge >= 0.3 is 24.3 Å². The highest BCUT2D eigenvalue weighted by Crippen LogP contribution is 2.41. The third-order valence-electron chi connectivity index (χ3n) is 6.15. The molecule has 214 valence electrons. The molecule has 2 fully saturated rings. The van der Waals surface area contributed by atoms with Crippen LogP contribution in [0.2, 0.25) is 0 Å². The van der Waals surface area contributed by atoms with Crippen LogP contribution >= 0.6 is 0 Å². The van der Waals surface area contributed by atoms with Gasteiger partial charge in [-0.15, -0.1) is 0 Å². The second-order valence-corrected chi connectivity index (χ2v) is 8.92. The summed E-state index contributed by atoms with van der Waals surface area (Å²) < 4.78 is 63.5. The Morgan fingerprint density at radius 3 is 1.87 bits per heavy atom. The van der Waals surface area contributed by atoms with E-state index in [1.54, 1.807) is 12.4 Å². The number of carbonyl (C=O) groups is 3. The first-order valence-corrected chi connectivity index (χ1v) is 11.5. The van der Waals surface area contributed by atoms with Gasteiger partial charge in [0.1, 0.15) is 0 Å². The van der Waals surface area contributed by atoms with E-state index in [0.29, 0.717) is 11.0 Å². The standard InChI is InChI=1S/C20H24N4O.2C2HF3O2/c25-19(17-4-3-9-21-14-17)24-13-8-20(16-24)6-11-23(12-7-20)15-18-5-1-2-10-22-18;2*3-2(4,5)1(6)7/h1-5,9-10,14H,6-8,11-13,15-16H2;2*(H,6,7). The van der Waals surface area contributed by atoms with E-state index in [0.717, 1.165) is 57.7 Å². The lowest BCUT2D eigenvalue weighted by Gasteiger charge is -2.39. The smallest absolute Gasteiger partial charge is 0.475 e. The Hall–Kier alpha value is -3.75. The second kappa shape index (κ2) is 13.4. The summed E-state index contributed by atoms with van der Waals surface area (Å²) in [6.45, 7) is 4.86. The van der Waals surface area contributed by atoms with E-state index < -0.39 is 24.3 Å². The number of carbonyl (C=O) groups excluding carboxylic acids is 1. The molecular weight excluding hydrogens is 538 g/mol. The van der Waals surface area contributed by atoms with Crippen LogP contribution in [0.4, 0.5) is 26.3 Å². The van der Waals surface area contributed by atoms with Crippen LogP contribution in [0.1, 0.15) is 35.3 Å². The fourth-order valence-corrected chi connectivity index (χ4v) is 4.09. The summed E-state index contributed by atoms with van der Waals surface area (Å²) in [6, 6.07) is 9.78. The SMILES string of the molecule is O=C(O)C(F)(F)F.O=C(O)C(F)(F)F.O=C(c1cccnc1)N1CCC2(CCN(Cc3ccccn3)CC2)C1. The quantitative estimate of drug-likeness (QED) is 0.539. The lowest BCUT2D eigenvalue weighted by Crippen LogP contribution is -2.42. The van der Waals surface area contributed by atoms with Crippen LogP contribution in [0.3, 0.4) is 0 Å². The molecule has 2 N–H and O–H groups in total. The van der Waals surface area contributed by atoms with Crippen LogP contribution in [0.5, 0.6) is 0 Å². The number of carboxylic acids is 2. The first kappa shape index (κ1) is 31.5. The van der Waals surface area contributed by atoms with Crippen molar-refractivity contribution in [2.24, 2.45) is 5.41 Å². The van der Waals surface area contributed by atoms with Gasteiger partial charge in [0.15, 0.2) is 0 Å². The molecule has 0 aromatic carbocycles. The van der Waals surface area contributed by atoms with Crippen molar-refractivity contribution in [1.29, 1.82) is 0 Å². The van der Waals surface area contributed by atoms with Crippen molar-refractivity contribution in [1.82, 2.24) is 19.8 Å². The molecule has 0 radical (unpaired) electrons. The van der Waals surface area contributed by atoms with E-state index in [2.05, 4.69) is 20.9 Å². The van der Waals surface area contributed by atoms with Gasteiger partial charge in [-0.3, -0.25) is 19.7 Å². The number of piperidine rings is 1. The minimum Gasteiger partial charge on any atom is -0.475 e. The first-order valence-electron chi connectivity index (χ1n) is 11.5. The van der Waals surface area contributed by atoms with E-state index in [9.17, 15) is 31.1 Å². The number of hydrogen-bond donors (Lipinski definition) is 2. The van der Waals surface area contributed by atoms with Crippen molar-refractivity contribution >= 4 is 17.8 Å². The van der Waals surface area contributed by atoms with Gasteiger partial charge in [-0.25, -0.2) is 9.59 Å². The molecule has 1 amide bonds. The lowest BCUT2D eigenvalue weighted by molar-refractivity contribution is -0.193. The Bertz CT molecular complexity index is 1070. The number of likely N-dealkylation sites (tertiary alicyclic amines) is 2. The highest BCUT2D eigenvalue weighted by atomic mass is 19.4. The molecule has 0 aliphatic carbocycles. The maximum Gasteiger partial charge on any atom is 0.490 e. The summed E-state index contributed by atoms with van der Waals surface area (Å²) in [7, 11) is 0. The van der Waals surface area contributed by atoms with E-state index in [-0.39, 0.29) is 5.91 Å². The van der Waals surface area contributed by atoms with Gasteiger partial charge in [-0.2, -0.15) is 26.3 Å². The lowest BCUT2D eigenvalue weighted by atomic mass is 9.78. The van der Waals surface area contributed by atoms with Crippen LogP contribution in [0, 0.1) is 5.41 Å². The number of nitrogens with zero attached hydrogens (tertiary/aromatic N) is 4. The molecule has 2 aromatic rings. The van der Waals surface area contributed by atoms with Crippen molar-refractivity contribution < 1.29 is 50.9 Å². The second-order valence-electron chi connectivity index (χ2n) is 8.92. The van der Waals surface area contributed by atoms with Crippen molar-refractivity contribution in [2.75, 3.05) is 26.2 Å². The maximum absolute atomic E-state index is 12.6. The predicted octanol–water partition coefficient (Wildman–Crippen LogP) is 3.87. The van der Waals surface area contributed by atoms with Crippen molar-refractivity contribution in [3.05, 3.63) is 60.2 Å². The van der Waals surface area contributed by atoms with Gasteiger partial charge in [-0.05, 0) is 62.0 Å². The summed E-state index contributed by atoms with van der Waals surface area (Å²) in [5, 5.41) is 14.2. The number of pyridine rings is 2. The number of aromatic nitrogens is 2. The van der Waals surface area contributed by atoms with Gasteiger partial charge in [-0.1, -0.05) is 6.07 Å². The number of alkyl halides is 6. The molecular formula is C24H26F6N4O5. The third-order valence-corrected chi connectivity index (χ3v) is 6.15. The molecule has 0 saturated carbocycles. The zero-order valence-electron chi connectivity index (χ0n) is 20.5. The molecule has 0 bridgehead atoms. The van der Waals surface area contributed by atoms with Gasteiger partial charge in [0.2, 0.25) is 0 Å². The fraction of sp³-hybridized carbons (Fsp3) is 0.458. The summed E-state index contributed by atoms with van der Waals surface area (Å²) in [5.41, 5.74) is 2.14. The molecule has 15 heteroatoms. The molecule has 9 nitrogen and oxygen atoms in total. The molecule has 0 unspecified atom stereocenters. The summed E-state index contributed by atoms with van der Waals surface area (Å²) in [6.07, 6.45) is -1.48. The minimum absolute atomic E-state index is 0.126. The van der Waals surface area contributed by atoms with Crippen molar-refractivity contribution in [3.8, 4) is 0 Å². The Labute approximate surface area is 219 Å². The van der Waals surface area contributed by atoms with Crippen LogP contribution in [-0.2, 0) is 16.1 Å². The minimum atomic E-state index is -5.08. The maximum atomic E-state index is 12.6. The first-order chi connectivity index (χ1) is 18.1. The molecule has 4 rings (SSSR count). The number of rotatable bonds is 3. The molecule has 2 aromatic heterocycles. The van der Waals surface area contributed by atoms with E-state index in [1.807, 2.05) is 35.4 Å².